The maximum absolute atomic E-state index is 12.6. The Morgan fingerprint density at radius 3 is 2.75 bits per heavy atom. The molecule has 0 radical (unpaired) electrons. The number of nitrogens with zero attached hydrogens (tertiary/aromatic N) is 1. The quantitative estimate of drug-likeness (QED) is 0.881. The number of rotatable bonds is 2. The highest BCUT2D eigenvalue weighted by atomic mass is 16.3. The average Bonchev–Trinajstić information content (AvgIpc) is 3.11. The van der Waals surface area contributed by atoms with Crippen molar-refractivity contribution in [3.8, 4) is 6.07 Å². The van der Waals surface area contributed by atoms with Crippen LogP contribution < -0.4 is 5.32 Å². The lowest BCUT2D eigenvalue weighted by Gasteiger charge is -2.40. The molecule has 0 spiro atoms. The van der Waals surface area contributed by atoms with E-state index < -0.39 is 23.5 Å². The maximum atomic E-state index is 12.6. The number of carbonyl (C=O) groups excluding carboxylic acids is 2. The van der Waals surface area contributed by atoms with Crippen molar-refractivity contribution in [2.75, 3.05) is 0 Å². The van der Waals surface area contributed by atoms with Crippen LogP contribution in [0.25, 0.3) is 0 Å². The lowest BCUT2D eigenvalue weighted by atomic mass is 9.68. The Morgan fingerprint density at radius 1 is 1.38 bits per heavy atom. The molecule has 1 aromatic carbocycles. The zero-order valence-corrected chi connectivity index (χ0v) is 13.2. The average molecular weight is 324 g/mol. The van der Waals surface area contributed by atoms with E-state index >= 15 is 0 Å². The van der Waals surface area contributed by atoms with E-state index in [1.807, 2.05) is 6.07 Å². The summed E-state index contributed by atoms with van der Waals surface area (Å²) < 4.78 is 4.90. The van der Waals surface area contributed by atoms with Gasteiger partial charge in [0.2, 0.25) is 0 Å². The van der Waals surface area contributed by atoms with Gasteiger partial charge >= 0.3 is 0 Å². The van der Waals surface area contributed by atoms with Gasteiger partial charge in [0, 0.05) is 5.56 Å². The maximum Gasteiger partial charge on any atom is 0.255 e. The monoisotopic (exact) mass is 324 g/mol. The van der Waals surface area contributed by atoms with E-state index in [1.54, 1.807) is 26.0 Å². The molecule has 24 heavy (non-hydrogen) atoms. The van der Waals surface area contributed by atoms with Gasteiger partial charge in [-0.05, 0) is 43.7 Å². The second-order valence-corrected chi connectivity index (χ2v) is 6.37. The van der Waals surface area contributed by atoms with Crippen LogP contribution in [0.5, 0.6) is 0 Å². The van der Waals surface area contributed by atoms with Crippen molar-refractivity contribution >= 4 is 11.7 Å². The fourth-order valence-electron chi connectivity index (χ4n) is 2.94. The highest BCUT2D eigenvalue weighted by molar-refractivity contribution is 6.04. The third-order valence-electron chi connectivity index (χ3n) is 4.47. The summed E-state index contributed by atoms with van der Waals surface area (Å²) in [4.78, 5) is 25.0. The number of nitriles is 1. The minimum absolute atomic E-state index is 0.219. The smallest absolute Gasteiger partial charge is 0.255 e. The van der Waals surface area contributed by atoms with Crippen LogP contribution in [0, 0.1) is 16.7 Å². The van der Waals surface area contributed by atoms with Gasteiger partial charge in [0.15, 0.2) is 5.78 Å². The summed E-state index contributed by atoms with van der Waals surface area (Å²) in [5.74, 6) is -0.644. The highest BCUT2D eigenvalue weighted by Crippen LogP contribution is 2.41. The molecule has 0 saturated carbocycles. The number of hydrogen-bond acceptors (Lipinski definition) is 5. The van der Waals surface area contributed by atoms with Gasteiger partial charge in [-0.1, -0.05) is 0 Å². The fourth-order valence-corrected chi connectivity index (χ4v) is 2.94. The van der Waals surface area contributed by atoms with E-state index in [0.717, 1.165) is 0 Å². The number of aliphatic hydroxyl groups is 1. The lowest BCUT2D eigenvalue weighted by molar-refractivity contribution is 0.0129. The summed E-state index contributed by atoms with van der Waals surface area (Å²) in [6, 6.07) is 7.37. The molecule has 122 valence electrons. The van der Waals surface area contributed by atoms with E-state index in [-0.39, 0.29) is 5.78 Å². The van der Waals surface area contributed by atoms with Crippen molar-refractivity contribution in [2.45, 2.75) is 26.0 Å². The van der Waals surface area contributed by atoms with Gasteiger partial charge < -0.3 is 14.8 Å². The summed E-state index contributed by atoms with van der Waals surface area (Å²) in [6.07, 6.45) is 1.55. The highest BCUT2D eigenvalue weighted by Gasteiger charge is 2.47. The molecule has 0 bridgehead atoms. The first kappa shape index (κ1) is 16.0. The number of nitrogens with one attached hydrogen (secondary N) is 1. The standard InChI is InChI=1S/C18H16N2O4/c1-18(2)15(21)12-4-3-10(8-19)7-13(12)14(16(18)22)20-17(23)11-5-6-24-9-11/h3-7,9,14,16,22H,1-2H3,(H,20,23)/t14-,16+/m1/s1. The number of Topliss-reactive ketones (excluding diaryl/α,β-unsaturated/α-hetero) is 1. The molecule has 6 nitrogen and oxygen atoms in total. The van der Waals surface area contributed by atoms with Gasteiger partial charge in [-0.25, -0.2) is 0 Å². The molecule has 1 aliphatic carbocycles. The van der Waals surface area contributed by atoms with Gasteiger partial charge in [-0.2, -0.15) is 5.26 Å². The van der Waals surface area contributed by atoms with Crippen LogP contribution in [0.1, 0.15) is 51.7 Å². The summed E-state index contributed by atoms with van der Waals surface area (Å²) in [5.41, 5.74) is 0.464. The number of fused-ring (bicyclic) bond motifs is 1. The predicted octanol–water partition coefficient (Wildman–Crippen LogP) is 2.21. The first-order chi connectivity index (χ1) is 11.4. The molecule has 0 aliphatic heterocycles. The van der Waals surface area contributed by atoms with Crippen LogP contribution in [-0.4, -0.2) is 22.9 Å². The number of aliphatic hydroxyl groups excluding tert-OH is 1. The second kappa shape index (κ2) is 5.62. The molecular weight excluding hydrogens is 308 g/mol. The van der Waals surface area contributed by atoms with E-state index in [9.17, 15) is 14.7 Å². The molecule has 2 N–H and O–H groups in total. The Morgan fingerprint density at radius 2 is 2.12 bits per heavy atom. The molecular formula is C18H16N2O4. The number of carbonyl (C=O) groups is 2. The zero-order valence-electron chi connectivity index (χ0n) is 13.2. The molecule has 1 aromatic heterocycles. The van der Waals surface area contributed by atoms with E-state index in [1.165, 1.54) is 24.7 Å². The van der Waals surface area contributed by atoms with Crippen LogP contribution in [0.15, 0.2) is 41.2 Å². The van der Waals surface area contributed by atoms with Gasteiger partial charge in [0.05, 0.1) is 41.0 Å². The van der Waals surface area contributed by atoms with Crippen LogP contribution in [0.2, 0.25) is 0 Å². The van der Waals surface area contributed by atoms with Crippen molar-refractivity contribution in [2.24, 2.45) is 5.41 Å². The Kier molecular flexibility index (Phi) is 3.74. The predicted molar refractivity (Wildman–Crippen MR) is 84.2 cm³/mol. The summed E-state index contributed by atoms with van der Waals surface area (Å²) >= 11 is 0. The molecule has 2 aromatic rings. The number of benzene rings is 1. The van der Waals surface area contributed by atoms with E-state index in [4.69, 9.17) is 9.68 Å². The molecule has 0 unspecified atom stereocenters. The van der Waals surface area contributed by atoms with Crippen molar-refractivity contribution in [3.05, 3.63) is 59.0 Å². The van der Waals surface area contributed by atoms with Crippen LogP contribution in [0.4, 0.5) is 0 Å². The van der Waals surface area contributed by atoms with Crippen LogP contribution in [-0.2, 0) is 0 Å². The molecule has 1 amide bonds. The fraction of sp³-hybridized carbons (Fsp3) is 0.278. The summed E-state index contributed by atoms with van der Waals surface area (Å²) in [7, 11) is 0. The number of hydrogen-bond donors (Lipinski definition) is 2. The van der Waals surface area contributed by atoms with Gasteiger partial charge in [-0.15, -0.1) is 0 Å². The van der Waals surface area contributed by atoms with E-state index in [0.29, 0.717) is 22.3 Å². The third-order valence-corrected chi connectivity index (χ3v) is 4.47. The Hall–Kier alpha value is -2.91. The topological polar surface area (TPSA) is 103 Å². The van der Waals surface area contributed by atoms with Crippen molar-refractivity contribution < 1.29 is 19.1 Å². The van der Waals surface area contributed by atoms with Crippen molar-refractivity contribution in [1.29, 1.82) is 5.26 Å². The lowest BCUT2D eigenvalue weighted by Crippen LogP contribution is -2.51. The van der Waals surface area contributed by atoms with Crippen molar-refractivity contribution in [1.82, 2.24) is 5.32 Å². The SMILES string of the molecule is CC1(C)C(=O)c2ccc(C#N)cc2[C@@H](NC(=O)c2ccoc2)[C@@H]1O. The van der Waals surface area contributed by atoms with Crippen LogP contribution >= 0.6 is 0 Å². The number of furan rings is 1. The molecule has 0 fully saturated rings. The van der Waals surface area contributed by atoms with E-state index in [2.05, 4.69) is 5.32 Å². The van der Waals surface area contributed by atoms with Crippen molar-refractivity contribution in [3.63, 3.8) is 0 Å². The molecule has 0 saturated heterocycles. The third kappa shape index (κ3) is 2.39. The Bertz CT molecular complexity index is 846. The number of amides is 1. The van der Waals surface area contributed by atoms with Gasteiger partial charge in [0.25, 0.3) is 5.91 Å². The summed E-state index contributed by atoms with van der Waals surface area (Å²) in [5, 5.41) is 22.5. The molecule has 2 atom stereocenters. The normalized spacial score (nSPS) is 21.7. The van der Waals surface area contributed by atoms with Crippen LogP contribution in [0.3, 0.4) is 0 Å². The first-order valence-corrected chi connectivity index (χ1v) is 7.46. The molecule has 1 heterocycles. The zero-order chi connectivity index (χ0) is 17.5. The summed E-state index contributed by atoms with van der Waals surface area (Å²) in [6.45, 7) is 3.27. The molecule has 3 rings (SSSR count). The van der Waals surface area contributed by atoms with Gasteiger partial charge in [-0.3, -0.25) is 9.59 Å². The second-order valence-electron chi connectivity index (χ2n) is 6.37. The molecule has 1 aliphatic rings. The number of ketones is 1. The van der Waals surface area contributed by atoms with Gasteiger partial charge in [0.1, 0.15) is 6.26 Å². The Labute approximate surface area is 138 Å². The minimum atomic E-state index is -1.12. The molecule has 6 heteroatoms. The Balaban J connectivity index is 2.07. The largest absolute Gasteiger partial charge is 0.472 e. The first-order valence-electron chi connectivity index (χ1n) is 7.46. The minimum Gasteiger partial charge on any atom is -0.472 e.